The Labute approximate surface area is 562 Å². The van der Waals surface area contributed by atoms with Crippen LogP contribution in [0.4, 0.5) is 0 Å². The van der Waals surface area contributed by atoms with Crippen LogP contribution in [0.2, 0.25) is 0 Å². The number of carbonyl (C=O) groups is 4. The van der Waals surface area contributed by atoms with Crippen LogP contribution in [0.25, 0.3) is 0 Å². The lowest BCUT2D eigenvalue weighted by atomic mass is 10.0. The zero-order chi connectivity index (χ0) is 68.2. The normalized spacial score (nSPS) is 14.2. The Bertz CT molecular complexity index is 1820. The third-order valence-corrected chi connectivity index (χ3v) is 18.7. The Morgan fingerprint density at radius 3 is 0.674 bits per heavy atom. The minimum absolute atomic E-state index is 0.105. The molecule has 0 amide bonds. The van der Waals surface area contributed by atoms with E-state index in [-0.39, 0.29) is 25.7 Å². The Morgan fingerprint density at radius 2 is 0.457 bits per heavy atom. The first-order valence-electron chi connectivity index (χ1n) is 37.7. The number of aliphatic hydroxyl groups excluding tert-OH is 1. The molecule has 0 fully saturated rings. The maximum Gasteiger partial charge on any atom is 0.472 e. The van der Waals surface area contributed by atoms with Crippen molar-refractivity contribution in [2.45, 2.75) is 382 Å². The number of phosphoric acid groups is 2. The third-order valence-electron chi connectivity index (χ3n) is 16.8. The average molecular weight is 1350 g/mol. The molecule has 92 heavy (non-hydrogen) atoms. The van der Waals surface area contributed by atoms with E-state index in [1.807, 2.05) is 0 Å². The van der Waals surface area contributed by atoms with E-state index >= 15 is 0 Å². The molecule has 0 aromatic rings. The van der Waals surface area contributed by atoms with Crippen LogP contribution in [-0.4, -0.2) is 96.7 Å². The van der Waals surface area contributed by atoms with E-state index in [0.717, 1.165) is 115 Å². The summed E-state index contributed by atoms with van der Waals surface area (Å²) < 4.78 is 68.3. The molecule has 19 heteroatoms. The largest absolute Gasteiger partial charge is 0.472 e. The van der Waals surface area contributed by atoms with Crippen molar-refractivity contribution < 1.29 is 80.2 Å². The summed E-state index contributed by atoms with van der Waals surface area (Å²) in [5.41, 5.74) is 0. The number of unbranched alkanes of at least 4 members (excludes halogenated alkanes) is 36. The van der Waals surface area contributed by atoms with Crippen LogP contribution < -0.4 is 0 Å². The van der Waals surface area contributed by atoms with Crippen LogP contribution in [-0.2, 0) is 65.4 Å². The summed E-state index contributed by atoms with van der Waals surface area (Å²) in [6.45, 7) is 14.0. The molecule has 0 bridgehead atoms. The van der Waals surface area contributed by atoms with Crippen LogP contribution in [0.15, 0.2) is 0 Å². The first-order valence-corrected chi connectivity index (χ1v) is 40.7. The first kappa shape index (κ1) is 90.1. The van der Waals surface area contributed by atoms with E-state index in [1.54, 1.807) is 0 Å². The molecular formula is C73H142O17P2. The summed E-state index contributed by atoms with van der Waals surface area (Å²) in [6.07, 6.45) is 46.2. The molecule has 0 aliphatic carbocycles. The van der Waals surface area contributed by atoms with E-state index in [2.05, 4.69) is 55.4 Å². The number of phosphoric ester groups is 2. The van der Waals surface area contributed by atoms with Crippen LogP contribution in [0.5, 0.6) is 0 Å². The number of aliphatic hydroxyl groups is 1. The molecule has 2 unspecified atom stereocenters. The van der Waals surface area contributed by atoms with E-state index < -0.39 is 97.5 Å². The van der Waals surface area contributed by atoms with E-state index in [1.165, 1.54) is 154 Å². The molecule has 0 saturated carbocycles. The first-order chi connectivity index (χ1) is 44.1. The Morgan fingerprint density at radius 1 is 0.272 bits per heavy atom. The number of carbonyl (C=O) groups excluding carboxylic acids is 4. The number of rotatable bonds is 70. The van der Waals surface area contributed by atoms with Gasteiger partial charge in [0.2, 0.25) is 0 Å². The molecule has 0 aromatic carbocycles. The summed E-state index contributed by atoms with van der Waals surface area (Å²) in [4.78, 5) is 72.6. The highest BCUT2D eigenvalue weighted by atomic mass is 31.2. The molecule has 3 N–H and O–H groups in total. The lowest BCUT2D eigenvalue weighted by Gasteiger charge is -2.21. The monoisotopic (exact) mass is 1350 g/mol. The van der Waals surface area contributed by atoms with Gasteiger partial charge in [-0.25, -0.2) is 9.13 Å². The van der Waals surface area contributed by atoms with Gasteiger partial charge in [0, 0.05) is 25.7 Å². The quantitative estimate of drug-likeness (QED) is 0.0222. The van der Waals surface area contributed by atoms with Crippen LogP contribution >= 0.6 is 15.6 Å². The molecule has 0 aliphatic rings. The van der Waals surface area contributed by atoms with Crippen molar-refractivity contribution in [1.82, 2.24) is 0 Å². The van der Waals surface area contributed by atoms with Gasteiger partial charge in [0.1, 0.15) is 19.3 Å². The highest BCUT2D eigenvalue weighted by molar-refractivity contribution is 7.47. The number of ether oxygens (including phenoxy) is 4. The molecule has 0 saturated heterocycles. The third kappa shape index (κ3) is 66.7. The zero-order valence-corrected chi connectivity index (χ0v) is 62.0. The lowest BCUT2D eigenvalue weighted by molar-refractivity contribution is -0.161. The molecule has 0 aromatic heterocycles. The molecule has 17 nitrogen and oxygen atoms in total. The van der Waals surface area contributed by atoms with Crippen LogP contribution in [0.3, 0.4) is 0 Å². The second kappa shape index (κ2) is 62.6. The highest BCUT2D eigenvalue weighted by Crippen LogP contribution is 2.45. The fourth-order valence-corrected chi connectivity index (χ4v) is 12.6. The maximum absolute atomic E-state index is 13.0. The van der Waals surface area contributed by atoms with Crippen molar-refractivity contribution in [2.24, 2.45) is 23.7 Å². The molecule has 546 valence electrons. The predicted octanol–water partition coefficient (Wildman–Crippen LogP) is 20.9. The van der Waals surface area contributed by atoms with Crippen molar-refractivity contribution in [3.63, 3.8) is 0 Å². The van der Waals surface area contributed by atoms with Crippen LogP contribution in [0, 0.1) is 23.7 Å². The minimum atomic E-state index is -4.95. The fraction of sp³-hybridized carbons (Fsp3) is 0.945. The van der Waals surface area contributed by atoms with E-state index in [0.29, 0.717) is 37.5 Å². The van der Waals surface area contributed by atoms with Gasteiger partial charge in [0.25, 0.3) is 0 Å². The molecule has 5 atom stereocenters. The summed E-state index contributed by atoms with van der Waals surface area (Å²) in [6, 6.07) is 0. The Hall–Kier alpha value is -1.94. The van der Waals surface area contributed by atoms with Crippen molar-refractivity contribution >= 4 is 39.5 Å². The molecule has 0 rings (SSSR count). The van der Waals surface area contributed by atoms with Gasteiger partial charge in [-0.2, -0.15) is 0 Å². The lowest BCUT2D eigenvalue weighted by Crippen LogP contribution is -2.30. The molecule has 0 heterocycles. The maximum atomic E-state index is 13.0. The highest BCUT2D eigenvalue weighted by Gasteiger charge is 2.30. The number of esters is 4. The zero-order valence-electron chi connectivity index (χ0n) is 60.2. The smallest absolute Gasteiger partial charge is 0.462 e. The Kier molecular flexibility index (Phi) is 61.3. The Balaban J connectivity index is 5.18. The predicted molar refractivity (Wildman–Crippen MR) is 372 cm³/mol. The molecular weight excluding hydrogens is 1210 g/mol. The standard InChI is InChI=1S/C73H142O17P2/c1-63(2)49-41-33-25-21-17-13-11-9-10-12-14-19-23-27-39-47-55-72(77)89-68(59-83-70(75)53-45-37-31-29-35-43-51-65(5)6)61-87-91(79,80)85-57-67(74)58-86-92(81,82)88-62-69(60-84-71(76)54-46-38-32-30-36-44-52-66(7)8)90-73(78)56-48-40-28-24-20-16-15-18-22-26-34-42-50-64(3)4/h63-69,74H,9-62H2,1-8H3,(H,79,80)(H,81,82)/t67-,68-,69-/m1/s1. The van der Waals surface area contributed by atoms with Crippen molar-refractivity contribution in [2.75, 3.05) is 39.6 Å². The summed E-state index contributed by atoms with van der Waals surface area (Å²) in [5, 5.41) is 10.6. The number of hydrogen-bond acceptors (Lipinski definition) is 15. The van der Waals surface area contributed by atoms with Crippen molar-refractivity contribution in [3.05, 3.63) is 0 Å². The van der Waals surface area contributed by atoms with Crippen molar-refractivity contribution in [3.8, 4) is 0 Å². The second-order valence-corrected chi connectivity index (χ2v) is 31.1. The number of hydrogen-bond donors (Lipinski definition) is 3. The van der Waals surface area contributed by atoms with Gasteiger partial charge in [0.15, 0.2) is 12.2 Å². The van der Waals surface area contributed by atoms with Crippen LogP contribution in [0.1, 0.15) is 364 Å². The molecule has 0 aliphatic heterocycles. The van der Waals surface area contributed by atoms with Crippen molar-refractivity contribution in [1.29, 1.82) is 0 Å². The summed E-state index contributed by atoms with van der Waals surface area (Å²) in [7, 11) is -9.91. The average Bonchev–Trinajstić information content (AvgIpc) is 3.38. The van der Waals surface area contributed by atoms with Gasteiger partial charge in [-0.3, -0.25) is 37.3 Å². The summed E-state index contributed by atoms with van der Waals surface area (Å²) >= 11 is 0. The van der Waals surface area contributed by atoms with Gasteiger partial charge in [-0.05, 0) is 49.4 Å². The fourth-order valence-electron chi connectivity index (χ4n) is 11.0. The second-order valence-electron chi connectivity index (χ2n) is 28.2. The van der Waals surface area contributed by atoms with E-state index in [4.69, 9.17) is 37.0 Å². The summed E-state index contributed by atoms with van der Waals surface area (Å²) in [5.74, 6) is 0.816. The SMILES string of the molecule is CC(C)CCCCCCCCCCCCCCCCCCC(=O)O[C@H](COC(=O)CCCCCCCCC(C)C)COP(=O)(O)OC[C@@H](O)COP(=O)(O)OC[C@@H](COC(=O)CCCCCCCCC(C)C)OC(=O)CCCCCCCCCCCCCCC(C)C. The van der Waals surface area contributed by atoms with Gasteiger partial charge < -0.3 is 33.8 Å². The molecule has 0 spiro atoms. The van der Waals surface area contributed by atoms with Gasteiger partial charge >= 0.3 is 39.5 Å². The van der Waals surface area contributed by atoms with Gasteiger partial charge in [0.05, 0.1) is 26.4 Å². The van der Waals surface area contributed by atoms with E-state index in [9.17, 15) is 43.2 Å². The molecule has 0 radical (unpaired) electrons. The minimum Gasteiger partial charge on any atom is -0.462 e. The van der Waals surface area contributed by atoms with Gasteiger partial charge in [-0.1, -0.05) is 312 Å². The topological polar surface area (TPSA) is 237 Å². The van der Waals surface area contributed by atoms with Gasteiger partial charge in [-0.15, -0.1) is 0 Å².